The molecule has 0 aliphatic carbocycles. The normalized spacial score (nSPS) is 10.1. The SMILES string of the molecule is CCCC(=O)NCc1nc(C(=O)O)c(C)s1. The molecule has 1 amide bonds. The first-order valence-electron chi connectivity index (χ1n) is 5.01. The zero-order valence-corrected chi connectivity index (χ0v) is 10.1. The number of hydrogen-bond acceptors (Lipinski definition) is 4. The van der Waals surface area contributed by atoms with Crippen molar-refractivity contribution in [2.24, 2.45) is 0 Å². The summed E-state index contributed by atoms with van der Waals surface area (Å²) in [4.78, 5) is 26.5. The van der Waals surface area contributed by atoms with Crippen molar-refractivity contribution in [2.45, 2.75) is 33.2 Å². The van der Waals surface area contributed by atoms with Gasteiger partial charge in [-0.2, -0.15) is 0 Å². The van der Waals surface area contributed by atoms with Crippen LogP contribution in [0.25, 0.3) is 0 Å². The van der Waals surface area contributed by atoms with Gasteiger partial charge in [-0.15, -0.1) is 11.3 Å². The van der Waals surface area contributed by atoms with Gasteiger partial charge in [-0.1, -0.05) is 6.92 Å². The topological polar surface area (TPSA) is 79.3 Å². The Morgan fingerprint density at radius 1 is 1.50 bits per heavy atom. The number of carbonyl (C=O) groups excluding carboxylic acids is 1. The lowest BCUT2D eigenvalue weighted by Gasteiger charge is -2.00. The largest absolute Gasteiger partial charge is 0.476 e. The van der Waals surface area contributed by atoms with Crippen LogP contribution in [0.4, 0.5) is 0 Å². The summed E-state index contributed by atoms with van der Waals surface area (Å²) in [6, 6.07) is 0. The Kier molecular flexibility index (Phi) is 4.42. The van der Waals surface area contributed by atoms with Crippen LogP contribution < -0.4 is 5.32 Å². The molecule has 88 valence electrons. The Morgan fingerprint density at radius 2 is 2.19 bits per heavy atom. The predicted molar refractivity (Wildman–Crippen MR) is 60.6 cm³/mol. The molecule has 0 saturated heterocycles. The van der Waals surface area contributed by atoms with E-state index in [0.717, 1.165) is 6.42 Å². The van der Waals surface area contributed by atoms with Crippen LogP contribution in [0, 0.1) is 6.92 Å². The Hall–Kier alpha value is -1.43. The molecule has 0 aromatic carbocycles. The lowest BCUT2D eigenvalue weighted by atomic mass is 10.3. The molecule has 1 aromatic rings. The molecule has 1 heterocycles. The molecule has 0 saturated carbocycles. The first-order chi connectivity index (χ1) is 7.54. The third-order valence-electron chi connectivity index (χ3n) is 1.96. The number of carbonyl (C=O) groups is 2. The lowest BCUT2D eigenvalue weighted by Crippen LogP contribution is -2.22. The number of carboxylic acid groups (broad SMARTS) is 1. The molecule has 2 N–H and O–H groups in total. The fraction of sp³-hybridized carbons (Fsp3) is 0.500. The molecule has 0 fully saturated rings. The number of nitrogens with zero attached hydrogens (tertiary/aromatic N) is 1. The second-order valence-electron chi connectivity index (χ2n) is 3.34. The maximum absolute atomic E-state index is 11.2. The Bertz CT molecular complexity index is 401. The van der Waals surface area contributed by atoms with Crippen LogP contribution in [-0.2, 0) is 11.3 Å². The van der Waals surface area contributed by atoms with Crippen molar-refractivity contribution in [3.8, 4) is 0 Å². The summed E-state index contributed by atoms with van der Waals surface area (Å²) in [6.07, 6.45) is 1.28. The third kappa shape index (κ3) is 3.30. The van der Waals surface area contributed by atoms with Crippen molar-refractivity contribution in [2.75, 3.05) is 0 Å². The Labute approximate surface area is 97.5 Å². The first kappa shape index (κ1) is 12.6. The highest BCUT2D eigenvalue weighted by Crippen LogP contribution is 2.17. The van der Waals surface area contributed by atoms with Gasteiger partial charge < -0.3 is 10.4 Å². The highest BCUT2D eigenvalue weighted by atomic mass is 32.1. The number of nitrogens with one attached hydrogen (secondary N) is 1. The van der Waals surface area contributed by atoms with E-state index in [1.807, 2.05) is 6.92 Å². The highest BCUT2D eigenvalue weighted by molar-refractivity contribution is 7.11. The molecule has 0 aliphatic rings. The van der Waals surface area contributed by atoms with Gasteiger partial charge >= 0.3 is 5.97 Å². The van der Waals surface area contributed by atoms with Gasteiger partial charge in [-0.3, -0.25) is 4.79 Å². The van der Waals surface area contributed by atoms with Crippen LogP contribution in [0.5, 0.6) is 0 Å². The van der Waals surface area contributed by atoms with E-state index in [4.69, 9.17) is 5.11 Å². The van der Waals surface area contributed by atoms with Crippen LogP contribution in [0.2, 0.25) is 0 Å². The number of aromatic nitrogens is 1. The summed E-state index contributed by atoms with van der Waals surface area (Å²) >= 11 is 1.30. The molecule has 6 heteroatoms. The summed E-state index contributed by atoms with van der Waals surface area (Å²) in [5, 5.41) is 12.1. The van der Waals surface area contributed by atoms with Crippen molar-refractivity contribution < 1.29 is 14.7 Å². The van der Waals surface area contributed by atoms with Gasteiger partial charge in [-0.05, 0) is 13.3 Å². The van der Waals surface area contributed by atoms with E-state index < -0.39 is 5.97 Å². The van der Waals surface area contributed by atoms with Crippen molar-refractivity contribution in [3.05, 3.63) is 15.6 Å². The summed E-state index contributed by atoms with van der Waals surface area (Å²) in [7, 11) is 0. The van der Waals surface area contributed by atoms with Crippen LogP contribution in [0.3, 0.4) is 0 Å². The summed E-state index contributed by atoms with van der Waals surface area (Å²) in [5.41, 5.74) is 0.0738. The smallest absolute Gasteiger partial charge is 0.355 e. The zero-order chi connectivity index (χ0) is 12.1. The van der Waals surface area contributed by atoms with Crippen LogP contribution in [-0.4, -0.2) is 22.0 Å². The lowest BCUT2D eigenvalue weighted by molar-refractivity contribution is -0.121. The minimum absolute atomic E-state index is 0.0350. The van der Waals surface area contributed by atoms with Gasteiger partial charge in [0.1, 0.15) is 5.01 Å². The van der Waals surface area contributed by atoms with E-state index in [0.29, 0.717) is 22.9 Å². The number of carboxylic acids is 1. The molecule has 16 heavy (non-hydrogen) atoms. The minimum atomic E-state index is -1.03. The molecular weight excluding hydrogens is 228 g/mol. The van der Waals surface area contributed by atoms with E-state index in [2.05, 4.69) is 10.3 Å². The van der Waals surface area contributed by atoms with Crippen LogP contribution >= 0.6 is 11.3 Å². The van der Waals surface area contributed by atoms with Crippen molar-refractivity contribution in [1.29, 1.82) is 0 Å². The van der Waals surface area contributed by atoms with E-state index >= 15 is 0 Å². The molecule has 1 aromatic heterocycles. The fourth-order valence-corrected chi connectivity index (χ4v) is 2.08. The molecule has 1 rings (SSSR count). The molecule has 0 unspecified atom stereocenters. The van der Waals surface area contributed by atoms with Crippen LogP contribution in [0.1, 0.15) is 40.1 Å². The molecule has 5 nitrogen and oxygen atoms in total. The molecule has 0 aliphatic heterocycles. The van der Waals surface area contributed by atoms with E-state index in [9.17, 15) is 9.59 Å². The summed E-state index contributed by atoms with van der Waals surface area (Å²) in [6.45, 7) is 3.94. The molecular formula is C10H14N2O3S. The molecule has 0 atom stereocenters. The quantitative estimate of drug-likeness (QED) is 0.821. The Morgan fingerprint density at radius 3 is 2.69 bits per heavy atom. The number of aromatic carboxylic acids is 1. The van der Waals surface area contributed by atoms with Gasteiger partial charge in [0.2, 0.25) is 5.91 Å². The van der Waals surface area contributed by atoms with Crippen molar-refractivity contribution in [1.82, 2.24) is 10.3 Å². The number of aryl methyl sites for hydroxylation is 1. The summed E-state index contributed by atoms with van der Waals surface area (Å²) < 4.78 is 0. The van der Waals surface area contributed by atoms with E-state index in [1.165, 1.54) is 11.3 Å². The monoisotopic (exact) mass is 242 g/mol. The highest BCUT2D eigenvalue weighted by Gasteiger charge is 2.14. The number of rotatable bonds is 5. The van der Waals surface area contributed by atoms with Gasteiger partial charge in [0, 0.05) is 11.3 Å². The van der Waals surface area contributed by atoms with Gasteiger partial charge in [0.25, 0.3) is 0 Å². The maximum Gasteiger partial charge on any atom is 0.355 e. The average molecular weight is 242 g/mol. The number of thiazole rings is 1. The van der Waals surface area contributed by atoms with Gasteiger partial charge in [0.15, 0.2) is 5.69 Å². The van der Waals surface area contributed by atoms with Crippen LogP contribution in [0.15, 0.2) is 0 Å². The third-order valence-corrected chi connectivity index (χ3v) is 2.93. The molecule has 0 spiro atoms. The second kappa shape index (κ2) is 5.60. The number of hydrogen-bond donors (Lipinski definition) is 2. The standard InChI is InChI=1S/C10H14N2O3S/c1-3-4-7(13)11-5-8-12-9(10(14)15)6(2)16-8/h3-5H2,1-2H3,(H,11,13)(H,14,15). The van der Waals surface area contributed by atoms with E-state index in [-0.39, 0.29) is 11.6 Å². The average Bonchev–Trinajstić information content (AvgIpc) is 2.57. The van der Waals surface area contributed by atoms with Gasteiger partial charge in [0.05, 0.1) is 6.54 Å². The van der Waals surface area contributed by atoms with Gasteiger partial charge in [-0.25, -0.2) is 9.78 Å². The van der Waals surface area contributed by atoms with Crippen molar-refractivity contribution >= 4 is 23.2 Å². The summed E-state index contributed by atoms with van der Waals surface area (Å²) in [5.74, 6) is -1.06. The Balaban J connectivity index is 2.58. The minimum Gasteiger partial charge on any atom is -0.476 e. The molecule has 0 radical (unpaired) electrons. The molecule has 0 bridgehead atoms. The van der Waals surface area contributed by atoms with E-state index in [1.54, 1.807) is 6.92 Å². The second-order valence-corrected chi connectivity index (χ2v) is 4.63. The van der Waals surface area contributed by atoms with Crippen molar-refractivity contribution in [3.63, 3.8) is 0 Å². The number of amides is 1. The fourth-order valence-electron chi connectivity index (χ4n) is 1.21. The zero-order valence-electron chi connectivity index (χ0n) is 9.24. The first-order valence-corrected chi connectivity index (χ1v) is 5.82. The maximum atomic E-state index is 11.2. The predicted octanol–water partition coefficient (Wildman–Crippen LogP) is 1.57.